The van der Waals surface area contributed by atoms with Crippen molar-refractivity contribution >= 4 is 11.6 Å². The summed E-state index contributed by atoms with van der Waals surface area (Å²) in [5.41, 5.74) is 9.75. The van der Waals surface area contributed by atoms with Crippen LogP contribution in [-0.4, -0.2) is 16.1 Å². The Labute approximate surface area is 118 Å². The number of nitrogens with two attached hydrogens (primary N) is 1. The molecular formula is C15H20N4O. The van der Waals surface area contributed by atoms with Crippen LogP contribution in [0, 0.1) is 0 Å². The average Bonchev–Trinajstić information content (AvgIpc) is 2.86. The molecule has 1 aromatic carbocycles. The molecule has 0 aliphatic rings. The molecule has 5 nitrogen and oxygen atoms in total. The van der Waals surface area contributed by atoms with Crippen molar-refractivity contribution in [2.24, 2.45) is 0 Å². The van der Waals surface area contributed by atoms with E-state index in [2.05, 4.69) is 28.5 Å². The zero-order valence-electron chi connectivity index (χ0n) is 11.9. The van der Waals surface area contributed by atoms with Crippen LogP contribution in [-0.2, 0) is 19.4 Å². The fraction of sp³-hybridized carbons (Fsp3) is 0.333. The molecule has 5 heteroatoms. The highest BCUT2D eigenvalue weighted by molar-refractivity contribution is 5.97. The summed E-state index contributed by atoms with van der Waals surface area (Å²) in [5.74, 6) is -0.246. The predicted molar refractivity (Wildman–Crippen MR) is 79.4 cm³/mol. The normalized spacial score (nSPS) is 10.5. The van der Waals surface area contributed by atoms with Crippen LogP contribution >= 0.6 is 0 Å². The van der Waals surface area contributed by atoms with Gasteiger partial charge in [0.2, 0.25) is 0 Å². The number of anilines is 1. The number of hydrogen-bond acceptors (Lipinski definition) is 3. The number of nitrogens with zero attached hydrogens (tertiary/aromatic N) is 1. The smallest absolute Gasteiger partial charge is 0.274 e. The molecule has 2 aromatic rings. The van der Waals surface area contributed by atoms with Gasteiger partial charge in [-0.15, -0.1) is 0 Å². The van der Waals surface area contributed by atoms with Gasteiger partial charge in [0.05, 0.1) is 11.4 Å². The molecule has 1 amide bonds. The van der Waals surface area contributed by atoms with Crippen LogP contribution in [0.15, 0.2) is 24.3 Å². The average molecular weight is 272 g/mol. The Morgan fingerprint density at radius 1 is 1.25 bits per heavy atom. The number of hydrogen-bond donors (Lipinski definition) is 3. The summed E-state index contributed by atoms with van der Waals surface area (Å²) in [7, 11) is 0. The second-order valence-corrected chi connectivity index (χ2v) is 4.62. The van der Waals surface area contributed by atoms with Gasteiger partial charge in [0.1, 0.15) is 0 Å². The first-order valence-electron chi connectivity index (χ1n) is 6.85. The van der Waals surface area contributed by atoms with Crippen molar-refractivity contribution in [1.82, 2.24) is 15.5 Å². The third-order valence-electron chi connectivity index (χ3n) is 3.39. The molecule has 0 atom stereocenters. The number of amides is 1. The molecule has 106 valence electrons. The molecule has 0 spiro atoms. The standard InChI is InChI=1S/C15H20N4O/c1-3-10-7-5-6-8-11(10)9-17-15(20)14-13(16)12(4-2)18-19-14/h5-8H,3-4,9,16H2,1-2H3,(H,17,20)(H,18,19). The van der Waals surface area contributed by atoms with Crippen molar-refractivity contribution in [3.8, 4) is 0 Å². The molecule has 0 fully saturated rings. The topological polar surface area (TPSA) is 83.8 Å². The van der Waals surface area contributed by atoms with E-state index in [-0.39, 0.29) is 11.6 Å². The molecule has 0 aliphatic carbocycles. The minimum absolute atomic E-state index is 0.246. The first-order valence-corrected chi connectivity index (χ1v) is 6.85. The summed E-state index contributed by atoms with van der Waals surface area (Å²) in [6, 6.07) is 8.06. The van der Waals surface area contributed by atoms with E-state index in [0.717, 1.165) is 24.1 Å². The van der Waals surface area contributed by atoms with Gasteiger partial charge in [0, 0.05) is 6.54 Å². The molecule has 0 aliphatic heterocycles. The lowest BCUT2D eigenvalue weighted by Crippen LogP contribution is -2.24. The highest BCUT2D eigenvalue weighted by Crippen LogP contribution is 2.15. The Balaban J connectivity index is 2.07. The highest BCUT2D eigenvalue weighted by atomic mass is 16.1. The fourth-order valence-corrected chi connectivity index (χ4v) is 2.16. The zero-order chi connectivity index (χ0) is 14.5. The maximum absolute atomic E-state index is 12.1. The largest absolute Gasteiger partial charge is 0.395 e. The summed E-state index contributed by atoms with van der Waals surface area (Å²) >= 11 is 0. The lowest BCUT2D eigenvalue weighted by Gasteiger charge is -2.08. The van der Waals surface area contributed by atoms with Crippen molar-refractivity contribution in [2.75, 3.05) is 5.73 Å². The first-order chi connectivity index (χ1) is 9.67. The number of nitrogen functional groups attached to an aromatic ring is 1. The van der Waals surface area contributed by atoms with Crippen molar-refractivity contribution in [2.45, 2.75) is 33.2 Å². The minimum atomic E-state index is -0.246. The number of aromatic nitrogens is 2. The minimum Gasteiger partial charge on any atom is -0.395 e. The molecule has 1 aromatic heterocycles. The molecule has 0 saturated heterocycles. The van der Waals surface area contributed by atoms with Gasteiger partial charge in [-0.05, 0) is 24.0 Å². The first kappa shape index (κ1) is 14.1. The number of aryl methyl sites for hydroxylation is 2. The Morgan fingerprint density at radius 3 is 2.55 bits per heavy atom. The second kappa shape index (κ2) is 6.23. The van der Waals surface area contributed by atoms with E-state index in [1.165, 1.54) is 5.56 Å². The quantitative estimate of drug-likeness (QED) is 0.779. The van der Waals surface area contributed by atoms with Gasteiger partial charge in [0.15, 0.2) is 5.69 Å². The van der Waals surface area contributed by atoms with E-state index in [1.54, 1.807) is 0 Å². The number of rotatable bonds is 5. The maximum Gasteiger partial charge on any atom is 0.274 e. The lowest BCUT2D eigenvalue weighted by molar-refractivity contribution is 0.0946. The van der Waals surface area contributed by atoms with Crippen molar-refractivity contribution in [3.63, 3.8) is 0 Å². The van der Waals surface area contributed by atoms with Gasteiger partial charge in [-0.25, -0.2) is 0 Å². The van der Waals surface area contributed by atoms with Crippen LogP contribution in [0.2, 0.25) is 0 Å². The zero-order valence-corrected chi connectivity index (χ0v) is 11.9. The molecule has 0 bridgehead atoms. The third kappa shape index (κ3) is 2.82. The fourth-order valence-electron chi connectivity index (χ4n) is 2.16. The predicted octanol–water partition coefficient (Wildman–Crippen LogP) is 2.05. The lowest BCUT2D eigenvalue weighted by atomic mass is 10.1. The van der Waals surface area contributed by atoms with Crippen molar-refractivity contribution in [1.29, 1.82) is 0 Å². The van der Waals surface area contributed by atoms with Crippen LogP contribution in [0.3, 0.4) is 0 Å². The summed E-state index contributed by atoms with van der Waals surface area (Å²) < 4.78 is 0. The molecule has 0 radical (unpaired) electrons. The Kier molecular flexibility index (Phi) is 4.40. The van der Waals surface area contributed by atoms with Gasteiger partial charge in [0.25, 0.3) is 5.91 Å². The summed E-state index contributed by atoms with van der Waals surface area (Å²) in [6.07, 6.45) is 1.67. The van der Waals surface area contributed by atoms with E-state index in [9.17, 15) is 4.79 Å². The molecular weight excluding hydrogens is 252 g/mol. The van der Waals surface area contributed by atoms with E-state index in [1.807, 2.05) is 25.1 Å². The van der Waals surface area contributed by atoms with E-state index < -0.39 is 0 Å². The van der Waals surface area contributed by atoms with Crippen molar-refractivity contribution < 1.29 is 4.79 Å². The van der Waals surface area contributed by atoms with Crippen LogP contribution in [0.1, 0.15) is 41.2 Å². The van der Waals surface area contributed by atoms with Crippen molar-refractivity contribution in [3.05, 3.63) is 46.8 Å². The molecule has 4 N–H and O–H groups in total. The maximum atomic E-state index is 12.1. The number of benzene rings is 1. The van der Waals surface area contributed by atoms with E-state index in [4.69, 9.17) is 5.73 Å². The SMILES string of the molecule is CCc1ccccc1CNC(=O)c1n[nH]c(CC)c1N. The number of nitrogens with one attached hydrogen (secondary N) is 2. The van der Waals surface area contributed by atoms with Gasteiger partial charge < -0.3 is 11.1 Å². The molecule has 20 heavy (non-hydrogen) atoms. The summed E-state index contributed by atoms with van der Waals surface area (Å²) in [5, 5.41) is 9.64. The van der Waals surface area contributed by atoms with Crippen LogP contribution in [0.4, 0.5) is 5.69 Å². The monoisotopic (exact) mass is 272 g/mol. The molecule has 1 heterocycles. The molecule has 0 unspecified atom stereocenters. The molecule has 2 rings (SSSR count). The Morgan fingerprint density at radius 2 is 1.95 bits per heavy atom. The highest BCUT2D eigenvalue weighted by Gasteiger charge is 2.16. The van der Waals surface area contributed by atoms with Gasteiger partial charge in [-0.1, -0.05) is 38.1 Å². The summed E-state index contributed by atoms with van der Waals surface area (Å²) in [4.78, 5) is 12.1. The second-order valence-electron chi connectivity index (χ2n) is 4.62. The van der Waals surface area contributed by atoms with E-state index in [0.29, 0.717) is 12.2 Å². The van der Waals surface area contributed by atoms with Gasteiger partial charge >= 0.3 is 0 Å². The number of aromatic amines is 1. The number of carbonyl (C=O) groups is 1. The molecule has 0 saturated carbocycles. The number of H-pyrrole nitrogens is 1. The Bertz CT molecular complexity index is 604. The van der Waals surface area contributed by atoms with Gasteiger partial charge in [-0.2, -0.15) is 5.10 Å². The van der Waals surface area contributed by atoms with Crippen LogP contribution in [0.5, 0.6) is 0 Å². The van der Waals surface area contributed by atoms with E-state index >= 15 is 0 Å². The van der Waals surface area contributed by atoms with Gasteiger partial charge in [-0.3, -0.25) is 9.89 Å². The Hall–Kier alpha value is -2.30. The number of carbonyl (C=O) groups excluding carboxylic acids is 1. The summed E-state index contributed by atoms with van der Waals surface area (Å²) in [6.45, 7) is 4.54. The van der Waals surface area contributed by atoms with Crippen LogP contribution in [0.25, 0.3) is 0 Å². The van der Waals surface area contributed by atoms with Crippen LogP contribution < -0.4 is 11.1 Å². The third-order valence-corrected chi connectivity index (χ3v) is 3.39.